The largest absolute Gasteiger partial charge is 0.391 e. The molecular formula is C15H11FN2O. The maximum absolute atomic E-state index is 12.7. The van der Waals surface area contributed by atoms with Crippen LogP contribution in [0.3, 0.4) is 0 Å². The topological polar surface area (TPSA) is 45.4 Å². The SMILES string of the molecule is N#Cc1ccc(C=NOCc2ccc(F)cc2)cc1. The minimum Gasteiger partial charge on any atom is -0.391 e. The maximum Gasteiger partial charge on any atom is 0.142 e. The number of rotatable bonds is 4. The van der Waals surface area contributed by atoms with Crippen LogP contribution in [0.1, 0.15) is 16.7 Å². The Morgan fingerprint density at radius 2 is 1.79 bits per heavy atom. The van der Waals surface area contributed by atoms with Crippen molar-refractivity contribution in [3.05, 3.63) is 71.0 Å². The molecule has 3 nitrogen and oxygen atoms in total. The molecule has 0 saturated heterocycles. The van der Waals surface area contributed by atoms with E-state index in [9.17, 15) is 4.39 Å². The lowest BCUT2D eigenvalue weighted by atomic mass is 10.2. The second kappa shape index (κ2) is 6.31. The van der Waals surface area contributed by atoms with Gasteiger partial charge in [0.1, 0.15) is 12.4 Å². The number of halogens is 1. The van der Waals surface area contributed by atoms with Crippen LogP contribution in [0.4, 0.5) is 4.39 Å². The van der Waals surface area contributed by atoms with Crippen molar-refractivity contribution < 1.29 is 9.23 Å². The highest BCUT2D eigenvalue weighted by Gasteiger charge is 1.94. The molecule has 0 aliphatic heterocycles. The van der Waals surface area contributed by atoms with Gasteiger partial charge in [0.25, 0.3) is 0 Å². The maximum atomic E-state index is 12.7. The van der Waals surface area contributed by atoms with Crippen molar-refractivity contribution in [3.8, 4) is 6.07 Å². The second-order valence-corrected chi connectivity index (χ2v) is 3.87. The van der Waals surface area contributed by atoms with E-state index in [1.165, 1.54) is 12.1 Å². The molecule has 0 aliphatic carbocycles. The minimum absolute atomic E-state index is 0.273. The zero-order valence-electron chi connectivity index (χ0n) is 10.1. The summed E-state index contributed by atoms with van der Waals surface area (Å²) in [5.41, 5.74) is 2.29. The molecule has 0 radical (unpaired) electrons. The predicted molar refractivity (Wildman–Crippen MR) is 69.9 cm³/mol. The molecule has 19 heavy (non-hydrogen) atoms. The Balaban J connectivity index is 1.86. The quantitative estimate of drug-likeness (QED) is 0.621. The normalized spacial score (nSPS) is 10.3. The Hall–Kier alpha value is -2.67. The first kappa shape index (κ1) is 12.8. The average molecular weight is 254 g/mol. The zero-order valence-corrected chi connectivity index (χ0v) is 10.1. The summed E-state index contributed by atoms with van der Waals surface area (Å²) in [4.78, 5) is 5.10. The van der Waals surface area contributed by atoms with Crippen LogP contribution >= 0.6 is 0 Å². The Morgan fingerprint density at radius 3 is 2.42 bits per heavy atom. The van der Waals surface area contributed by atoms with Crippen molar-refractivity contribution in [2.24, 2.45) is 5.16 Å². The summed E-state index contributed by atoms with van der Waals surface area (Å²) >= 11 is 0. The van der Waals surface area contributed by atoms with Gasteiger partial charge in [0.15, 0.2) is 0 Å². The third-order valence-electron chi connectivity index (χ3n) is 2.46. The zero-order chi connectivity index (χ0) is 13.5. The van der Waals surface area contributed by atoms with Crippen LogP contribution in [0.5, 0.6) is 0 Å². The van der Waals surface area contributed by atoms with Crippen molar-refractivity contribution in [1.82, 2.24) is 0 Å². The molecule has 2 aromatic rings. The summed E-state index contributed by atoms with van der Waals surface area (Å²) < 4.78 is 12.7. The summed E-state index contributed by atoms with van der Waals surface area (Å²) in [6.45, 7) is 0.285. The molecule has 0 spiro atoms. The van der Waals surface area contributed by atoms with E-state index >= 15 is 0 Å². The van der Waals surface area contributed by atoms with Gasteiger partial charge in [-0.1, -0.05) is 29.4 Å². The van der Waals surface area contributed by atoms with Gasteiger partial charge in [0.2, 0.25) is 0 Å². The van der Waals surface area contributed by atoms with E-state index in [0.717, 1.165) is 11.1 Å². The summed E-state index contributed by atoms with van der Waals surface area (Å²) in [5.74, 6) is -0.273. The second-order valence-electron chi connectivity index (χ2n) is 3.87. The molecule has 2 rings (SSSR count). The van der Waals surface area contributed by atoms with Crippen LogP contribution in [0.25, 0.3) is 0 Å². The number of nitriles is 1. The van der Waals surface area contributed by atoms with E-state index in [-0.39, 0.29) is 12.4 Å². The van der Waals surface area contributed by atoms with Gasteiger partial charge in [-0.2, -0.15) is 5.26 Å². The molecule has 4 heteroatoms. The van der Waals surface area contributed by atoms with E-state index in [1.807, 2.05) is 6.07 Å². The lowest BCUT2D eigenvalue weighted by Gasteiger charge is -1.99. The first-order valence-electron chi connectivity index (χ1n) is 5.68. The smallest absolute Gasteiger partial charge is 0.142 e. The summed E-state index contributed by atoms with van der Waals surface area (Å²) in [6, 6.07) is 15.1. The molecule has 0 heterocycles. The molecule has 0 bridgehead atoms. The van der Waals surface area contributed by atoms with Crippen LogP contribution < -0.4 is 0 Å². The number of oxime groups is 1. The fourth-order valence-electron chi connectivity index (χ4n) is 1.43. The first-order valence-corrected chi connectivity index (χ1v) is 5.68. The van der Waals surface area contributed by atoms with E-state index in [4.69, 9.17) is 10.1 Å². The summed E-state index contributed by atoms with van der Waals surface area (Å²) in [5, 5.41) is 12.5. The van der Waals surface area contributed by atoms with Crippen LogP contribution in [0, 0.1) is 17.1 Å². The summed E-state index contributed by atoms with van der Waals surface area (Å²) in [6.07, 6.45) is 1.56. The van der Waals surface area contributed by atoms with Gasteiger partial charge in [-0.25, -0.2) is 4.39 Å². The third-order valence-corrected chi connectivity index (χ3v) is 2.46. The van der Waals surface area contributed by atoms with Crippen molar-refractivity contribution in [2.75, 3.05) is 0 Å². The van der Waals surface area contributed by atoms with E-state index in [2.05, 4.69) is 5.16 Å². The summed E-state index contributed by atoms with van der Waals surface area (Å²) in [7, 11) is 0. The van der Waals surface area contributed by atoms with Gasteiger partial charge in [-0.3, -0.25) is 0 Å². The molecule has 2 aromatic carbocycles. The Kier molecular flexibility index (Phi) is 4.25. The number of hydrogen-bond acceptors (Lipinski definition) is 3. The van der Waals surface area contributed by atoms with E-state index < -0.39 is 0 Å². The van der Waals surface area contributed by atoms with Gasteiger partial charge in [-0.05, 0) is 35.4 Å². The predicted octanol–water partition coefficient (Wildman–Crippen LogP) is 3.25. The highest BCUT2D eigenvalue weighted by molar-refractivity contribution is 5.79. The molecule has 94 valence electrons. The number of nitrogens with zero attached hydrogens (tertiary/aromatic N) is 2. The molecule has 0 unspecified atom stereocenters. The van der Waals surface area contributed by atoms with Gasteiger partial charge in [0.05, 0.1) is 17.8 Å². The molecule has 0 saturated carbocycles. The first-order chi connectivity index (χ1) is 9.28. The van der Waals surface area contributed by atoms with Crippen LogP contribution in [-0.4, -0.2) is 6.21 Å². The van der Waals surface area contributed by atoms with E-state index in [1.54, 1.807) is 42.6 Å². The molecule has 0 atom stereocenters. The molecule has 0 amide bonds. The van der Waals surface area contributed by atoms with Crippen LogP contribution in [-0.2, 0) is 11.4 Å². The lowest BCUT2D eigenvalue weighted by molar-refractivity contribution is 0.132. The molecular weight excluding hydrogens is 243 g/mol. The average Bonchev–Trinajstić information content (AvgIpc) is 2.46. The monoisotopic (exact) mass is 254 g/mol. The van der Waals surface area contributed by atoms with Crippen molar-refractivity contribution in [1.29, 1.82) is 5.26 Å². The molecule has 0 N–H and O–H groups in total. The highest BCUT2D eigenvalue weighted by Crippen LogP contribution is 2.05. The lowest BCUT2D eigenvalue weighted by Crippen LogP contribution is -1.88. The number of benzene rings is 2. The Morgan fingerprint density at radius 1 is 1.11 bits per heavy atom. The van der Waals surface area contributed by atoms with Gasteiger partial charge in [-0.15, -0.1) is 0 Å². The van der Waals surface area contributed by atoms with Crippen molar-refractivity contribution in [2.45, 2.75) is 6.61 Å². The van der Waals surface area contributed by atoms with Crippen LogP contribution in [0.2, 0.25) is 0 Å². The van der Waals surface area contributed by atoms with Crippen molar-refractivity contribution in [3.63, 3.8) is 0 Å². The Labute approximate surface area is 110 Å². The number of hydrogen-bond donors (Lipinski definition) is 0. The van der Waals surface area contributed by atoms with Gasteiger partial charge >= 0.3 is 0 Å². The molecule has 0 aliphatic rings. The van der Waals surface area contributed by atoms with Crippen molar-refractivity contribution >= 4 is 6.21 Å². The molecule has 0 aromatic heterocycles. The van der Waals surface area contributed by atoms with Gasteiger partial charge < -0.3 is 4.84 Å². The highest BCUT2D eigenvalue weighted by atomic mass is 19.1. The van der Waals surface area contributed by atoms with E-state index in [0.29, 0.717) is 5.56 Å². The standard InChI is InChI=1S/C15H11FN2O/c16-15-7-5-14(6-8-15)11-19-18-10-13-3-1-12(9-17)2-4-13/h1-8,10H,11H2. The fraction of sp³-hybridized carbons (Fsp3) is 0.0667. The fourth-order valence-corrected chi connectivity index (χ4v) is 1.43. The van der Waals surface area contributed by atoms with Gasteiger partial charge in [0, 0.05) is 0 Å². The van der Waals surface area contributed by atoms with Crippen LogP contribution in [0.15, 0.2) is 53.7 Å². The Bertz CT molecular complexity index is 598. The minimum atomic E-state index is -0.273. The third kappa shape index (κ3) is 3.93. The molecule has 0 fully saturated rings.